The Balaban J connectivity index is 1.90. The molecule has 0 unspecified atom stereocenters. The molecule has 74 valence electrons. The van der Waals surface area contributed by atoms with Crippen LogP contribution in [0.3, 0.4) is 0 Å². The molecule has 0 aliphatic rings. The first kappa shape index (κ1) is 10.2. The van der Waals surface area contributed by atoms with Gasteiger partial charge >= 0.3 is 0 Å². The number of aromatic nitrogens is 1. The highest BCUT2D eigenvalue weighted by molar-refractivity contribution is 4.98. The fourth-order valence-corrected chi connectivity index (χ4v) is 0.990. The molecule has 1 N–H and O–H groups in total. The molecular formula is C9H16N2O2. The first-order valence-corrected chi connectivity index (χ1v) is 4.60. The summed E-state index contributed by atoms with van der Waals surface area (Å²) >= 11 is 0. The minimum absolute atomic E-state index is 0.797. The Hall–Kier alpha value is -0.870. The van der Waals surface area contributed by atoms with Crippen molar-refractivity contribution >= 4 is 0 Å². The average molecular weight is 184 g/mol. The van der Waals surface area contributed by atoms with E-state index in [0.717, 1.165) is 38.3 Å². The van der Waals surface area contributed by atoms with Crippen molar-refractivity contribution in [1.82, 2.24) is 10.5 Å². The van der Waals surface area contributed by atoms with Gasteiger partial charge in [0.2, 0.25) is 0 Å². The fourth-order valence-electron chi connectivity index (χ4n) is 0.990. The Labute approximate surface area is 78.2 Å². The monoisotopic (exact) mass is 184 g/mol. The van der Waals surface area contributed by atoms with E-state index >= 15 is 0 Å². The van der Waals surface area contributed by atoms with Crippen LogP contribution < -0.4 is 5.32 Å². The van der Waals surface area contributed by atoms with Crippen molar-refractivity contribution in [2.45, 2.75) is 19.9 Å². The summed E-state index contributed by atoms with van der Waals surface area (Å²) in [6.07, 6.45) is 4.41. The van der Waals surface area contributed by atoms with Gasteiger partial charge in [0.15, 0.2) is 0 Å². The maximum atomic E-state index is 5.20. The maximum Gasteiger partial charge on any atom is 0.128 e. The Kier molecular flexibility index (Phi) is 5.20. The van der Waals surface area contributed by atoms with Gasteiger partial charge < -0.3 is 14.6 Å². The van der Waals surface area contributed by atoms with Gasteiger partial charge in [-0.05, 0) is 19.9 Å². The summed E-state index contributed by atoms with van der Waals surface area (Å²) in [5.74, 6) is 0. The zero-order valence-electron chi connectivity index (χ0n) is 7.95. The average Bonchev–Trinajstić information content (AvgIpc) is 2.63. The van der Waals surface area contributed by atoms with Crippen molar-refractivity contribution in [3.63, 3.8) is 0 Å². The largest absolute Gasteiger partial charge is 0.382 e. The van der Waals surface area contributed by atoms with Crippen molar-refractivity contribution in [3.05, 3.63) is 18.0 Å². The van der Waals surface area contributed by atoms with Crippen LogP contribution in [0.15, 0.2) is 17.0 Å². The highest BCUT2D eigenvalue weighted by Gasteiger charge is 1.93. The Morgan fingerprint density at radius 1 is 1.62 bits per heavy atom. The van der Waals surface area contributed by atoms with Crippen molar-refractivity contribution < 1.29 is 9.26 Å². The molecule has 4 heteroatoms. The lowest BCUT2D eigenvalue weighted by Gasteiger charge is -2.02. The molecule has 0 saturated carbocycles. The Morgan fingerprint density at radius 3 is 3.23 bits per heavy atom. The molecule has 1 rings (SSSR count). The zero-order valence-corrected chi connectivity index (χ0v) is 7.95. The molecule has 0 fully saturated rings. The predicted molar refractivity (Wildman–Crippen MR) is 49.3 cm³/mol. The molecule has 1 heterocycles. The summed E-state index contributed by atoms with van der Waals surface area (Å²) < 4.78 is 9.90. The molecule has 1 aromatic rings. The maximum absolute atomic E-state index is 5.20. The Bertz CT molecular complexity index is 199. The molecule has 0 aromatic carbocycles. The second-order valence-electron chi connectivity index (χ2n) is 2.76. The standard InChI is InChI=1S/C9H16N2O2/c1-2-12-5-3-4-10-6-9-7-11-13-8-9/h7-8,10H,2-6H2,1H3. The van der Waals surface area contributed by atoms with Crippen LogP contribution in [0.2, 0.25) is 0 Å². The first-order valence-electron chi connectivity index (χ1n) is 4.60. The van der Waals surface area contributed by atoms with Crippen molar-refractivity contribution in [1.29, 1.82) is 0 Å². The molecule has 0 radical (unpaired) electrons. The van der Waals surface area contributed by atoms with Crippen molar-refractivity contribution in [2.75, 3.05) is 19.8 Å². The number of ether oxygens (including phenoxy) is 1. The summed E-state index contributed by atoms with van der Waals surface area (Å²) in [7, 11) is 0. The van der Waals surface area contributed by atoms with E-state index in [2.05, 4.69) is 10.5 Å². The summed E-state index contributed by atoms with van der Waals surface area (Å²) in [6, 6.07) is 0. The van der Waals surface area contributed by atoms with E-state index in [0.29, 0.717) is 0 Å². The molecule has 13 heavy (non-hydrogen) atoms. The van der Waals surface area contributed by atoms with Crippen LogP contribution in [0.1, 0.15) is 18.9 Å². The van der Waals surface area contributed by atoms with Gasteiger partial charge in [-0.2, -0.15) is 0 Å². The van der Waals surface area contributed by atoms with Crippen molar-refractivity contribution in [3.8, 4) is 0 Å². The van der Waals surface area contributed by atoms with E-state index < -0.39 is 0 Å². The van der Waals surface area contributed by atoms with E-state index in [4.69, 9.17) is 9.26 Å². The fraction of sp³-hybridized carbons (Fsp3) is 0.667. The molecule has 1 aromatic heterocycles. The van der Waals surface area contributed by atoms with Crippen molar-refractivity contribution in [2.24, 2.45) is 0 Å². The summed E-state index contributed by atoms with van der Waals surface area (Å²) in [4.78, 5) is 0. The van der Waals surface area contributed by atoms with Crippen LogP contribution in [-0.2, 0) is 11.3 Å². The zero-order chi connectivity index (χ0) is 9.36. The molecular weight excluding hydrogens is 168 g/mol. The van der Waals surface area contributed by atoms with E-state index in [-0.39, 0.29) is 0 Å². The SMILES string of the molecule is CCOCCCNCc1cnoc1. The molecule has 0 bridgehead atoms. The predicted octanol–water partition coefficient (Wildman–Crippen LogP) is 1.19. The highest BCUT2D eigenvalue weighted by Crippen LogP contribution is 1.94. The van der Waals surface area contributed by atoms with E-state index in [9.17, 15) is 0 Å². The van der Waals surface area contributed by atoms with Gasteiger partial charge in [-0.25, -0.2) is 0 Å². The Morgan fingerprint density at radius 2 is 2.54 bits per heavy atom. The van der Waals surface area contributed by atoms with Gasteiger partial charge in [-0.3, -0.25) is 0 Å². The van der Waals surface area contributed by atoms with E-state index in [1.165, 1.54) is 0 Å². The normalized spacial score (nSPS) is 10.5. The highest BCUT2D eigenvalue weighted by atomic mass is 16.5. The van der Waals surface area contributed by atoms with Gasteiger partial charge in [-0.15, -0.1) is 0 Å². The lowest BCUT2D eigenvalue weighted by atomic mass is 10.3. The van der Waals surface area contributed by atoms with Gasteiger partial charge in [0.05, 0.1) is 6.20 Å². The molecule has 0 atom stereocenters. The molecule has 0 aliphatic carbocycles. The van der Waals surface area contributed by atoms with Crippen LogP contribution in [-0.4, -0.2) is 24.9 Å². The smallest absolute Gasteiger partial charge is 0.128 e. The minimum Gasteiger partial charge on any atom is -0.382 e. The van der Waals surface area contributed by atoms with E-state index in [1.807, 2.05) is 6.92 Å². The summed E-state index contributed by atoms with van der Waals surface area (Å²) in [6.45, 7) is 5.41. The third kappa shape index (κ3) is 4.65. The first-order chi connectivity index (χ1) is 6.43. The van der Waals surface area contributed by atoms with Gasteiger partial charge in [0.1, 0.15) is 6.26 Å². The lowest BCUT2D eigenvalue weighted by Crippen LogP contribution is -2.15. The number of nitrogens with zero attached hydrogens (tertiary/aromatic N) is 1. The molecule has 0 amide bonds. The summed E-state index contributed by atoms with van der Waals surface area (Å²) in [5, 5.41) is 6.88. The second-order valence-corrected chi connectivity index (χ2v) is 2.76. The third-order valence-corrected chi connectivity index (χ3v) is 1.66. The minimum atomic E-state index is 0.797. The lowest BCUT2D eigenvalue weighted by molar-refractivity contribution is 0.144. The van der Waals surface area contributed by atoms with Crippen LogP contribution in [0, 0.1) is 0 Å². The molecule has 0 aliphatic heterocycles. The molecule has 0 saturated heterocycles. The summed E-state index contributed by atoms with van der Waals surface area (Å²) in [5.41, 5.74) is 1.08. The van der Waals surface area contributed by atoms with Crippen LogP contribution >= 0.6 is 0 Å². The van der Waals surface area contributed by atoms with Gasteiger partial charge in [-0.1, -0.05) is 5.16 Å². The number of hydrogen-bond donors (Lipinski definition) is 1. The van der Waals surface area contributed by atoms with E-state index in [1.54, 1.807) is 12.5 Å². The molecule has 4 nitrogen and oxygen atoms in total. The van der Waals surface area contributed by atoms with Crippen LogP contribution in [0.5, 0.6) is 0 Å². The number of nitrogens with one attached hydrogen (secondary N) is 1. The quantitative estimate of drug-likeness (QED) is 0.647. The van der Waals surface area contributed by atoms with Gasteiger partial charge in [0.25, 0.3) is 0 Å². The van der Waals surface area contributed by atoms with Gasteiger partial charge in [0, 0.05) is 25.3 Å². The third-order valence-electron chi connectivity index (χ3n) is 1.66. The molecule has 0 spiro atoms. The number of hydrogen-bond acceptors (Lipinski definition) is 4. The van der Waals surface area contributed by atoms with Crippen LogP contribution in [0.25, 0.3) is 0 Å². The second kappa shape index (κ2) is 6.62. The van der Waals surface area contributed by atoms with Crippen LogP contribution in [0.4, 0.5) is 0 Å². The number of rotatable bonds is 7. The topological polar surface area (TPSA) is 47.3 Å².